The molecule has 20 heavy (non-hydrogen) atoms. The molecule has 0 aromatic heterocycles. The summed E-state index contributed by atoms with van der Waals surface area (Å²) in [6, 6.07) is 11.1. The van der Waals surface area contributed by atoms with Crippen LogP contribution in [-0.4, -0.2) is 7.05 Å². The minimum atomic E-state index is -0.387. The molecule has 1 atom stereocenters. The summed E-state index contributed by atoms with van der Waals surface area (Å²) in [6.45, 7) is 0. The van der Waals surface area contributed by atoms with Gasteiger partial charge in [0.05, 0.1) is 5.02 Å². The van der Waals surface area contributed by atoms with E-state index in [1.54, 1.807) is 12.1 Å². The molecule has 0 aliphatic carbocycles. The second-order valence-corrected chi connectivity index (χ2v) is 6.74. The van der Waals surface area contributed by atoms with Crippen molar-refractivity contribution in [2.45, 2.75) is 12.5 Å². The first-order chi connectivity index (χ1) is 9.49. The van der Waals surface area contributed by atoms with Gasteiger partial charge < -0.3 is 5.32 Å². The topological polar surface area (TPSA) is 12.0 Å². The van der Waals surface area contributed by atoms with Crippen molar-refractivity contribution < 1.29 is 4.39 Å². The molecule has 0 radical (unpaired) electrons. The molecule has 0 saturated heterocycles. The summed E-state index contributed by atoms with van der Waals surface area (Å²) in [5, 5.41) is 3.44. The fourth-order valence-electron chi connectivity index (χ4n) is 2.07. The number of rotatable bonds is 4. The van der Waals surface area contributed by atoms with Crippen LogP contribution in [0.4, 0.5) is 4.39 Å². The molecule has 1 unspecified atom stereocenters. The van der Waals surface area contributed by atoms with Gasteiger partial charge in [0.1, 0.15) is 5.82 Å². The standard InChI is InChI=1S/C15H13Br2ClFN/c1-20-15(10-6-11(16)8-12(17)7-10)5-9-2-3-14(19)13(18)4-9/h2-4,6-8,15,20H,5H2,1H3. The number of likely N-dealkylation sites (N-methyl/N-ethyl adjacent to an activating group) is 1. The Balaban J connectivity index is 2.26. The number of nitrogens with one attached hydrogen (secondary N) is 1. The van der Waals surface area contributed by atoms with Gasteiger partial charge >= 0.3 is 0 Å². The van der Waals surface area contributed by atoms with Crippen LogP contribution < -0.4 is 5.32 Å². The molecule has 2 aromatic rings. The van der Waals surface area contributed by atoms with E-state index < -0.39 is 0 Å². The smallest absolute Gasteiger partial charge is 0.141 e. The van der Waals surface area contributed by atoms with Gasteiger partial charge in [0.25, 0.3) is 0 Å². The fourth-order valence-corrected chi connectivity index (χ4v) is 3.60. The van der Waals surface area contributed by atoms with E-state index in [0.29, 0.717) is 0 Å². The van der Waals surface area contributed by atoms with Crippen LogP contribution >= 0.6 is 43.5 Å². The van der Waals surface area contributed by atoms with Gasteiger partial charge in [-0.05, 0) is 54.9 Å². The molecule has 2 rings (SSSR count). The van der Waals surface area contributed by atoms with Crippen molar-refractivity contribution in [2.75, 3.05) is 7.05 Å². The van der Waals surface area contributed by atoms with Crippen molar-refractivity contribution in [3.63, 3.8) is 0 Å². The van der Waals surface area contributed by atoms with E-state index in [1.165, 1.54) is 6.07 Å². The Bertz CT molecular complexity index is 599. The summed E-state index contributed by atoms with van der Waals surface area (Å²) in [4.78, 5) is 0. The van der Waals surface area contributed by atoms with E-state index in [-0.39, 0.29) is 16.9 Å². The number of hydrogen-bond donors (Lipinski definition) is 1. The monoisotopic (exact) mass is 419 g/mol. The van der Waals surface area contributed by atoms with Crippen LogP contribution in [0.3, 0.4) is 0 Å². The summed E-state index contributed by atoms with van der Waals surface area (Å²) in [5.41, 5.74) is 2.14. The van der Waals surface area contributed by atoms with Crippen LogP contribution in [0.2, 0.25) is 5.02 Å². The van der Waals surface area contributed by atoms with Gasteiger partial charge in [-0.2, -0.15) is 0 Å². The van der Waals surface area contributed by atoms with Gasteiger partial charge in [0.2, 0.25) is 0 Å². The summed E-state index contributed by atoms with van der Waals surface area (Å²) in [5.74, 6) is -0.387. The Labute approximate surface area is 139 Å². The Kier molecular flexibility index (Phi) is 5.61. The zero-order chi connectivity index (χ0) is 14.7. The predicted molar refractivity (Wildman–Crippen MR) is 88.8 cm³/mol. The Morgan fingerprint density at radius 1 is 1.15 bits per heavy atom. The van der Waals surface area contributed by atoms with Crippen LogP contribution in [0.25, 0.3) is 0 Å². The highest BCUT2D eigenvalue weighted by Crippen LogP contribution is 2.27. The Morgan fingerprint density at radius 3 is 2.35 bits per heavy atom. The molecule has 0 amide bonds. The van der Waals surface area contributed by atoms with Gasteiger partial charge in [0.15, 0.2) is 0 Å². The summed E-state index contributed by atoms with van der Waals surface area (Å²) < 4.78 is 15.2. The Morgan fingerprint density at radius 2 is 1.80 bits per heavy atom. The quantitative estimate of drug-likeness (QED) is 0.687. The van der Waals surface area contributed by atoms with E-state index >= 15 is 0 Å². The minimum absolute atomic E-state index is 0.130. The molecule has 2 aromatic carbocycles. The van der Waals surface area contributed by atoms with Crippen LogP contribution in [-0.2, 0) is 6.42 Å². The van der Waals surface area contributed by atoms with Gasteiger partial charge in [0, 0.05) is 15.0 Å². The lowest BCUT2D eigenvalue weighted by Gasteiger charge is -2.18. The second kappa shape index (κ2) is 7.03. The normalized spacial score (nSPS) is 12.4. The van der Waals surface area contributed by atoms with Crippen LogP contribution in [0, 0.1) is 5.82 Å². The van der Waals surface area contributed by atoms with E-state index in [0.717, 1.165) is 26.5 Å². The lowest BCUT2D eigenvalue weighted by Crippen LogP contribution is -2.19. The Hall–Kier alpha value is -0.420. The van der Waals surface area contributed by atoms with Crippen molar-refractivity contribution >= 4 is 43.5 Å². The van der Waals surface area contributed by atoms with Gasteiger partial charge in [-0.25, -0.2) is 4.39 Å². The molecule has 1 nitrogen and oxygen atoms in total. The number of halogens is 4. The predicted octanol–water partition coefficient (Wildman–Crippen LogP) is 5.51. The second-order valence-electron chi connectivity index (χ2n) is 4.50. The summed E-state index contributed by atoms with van der Waals surface area (Å²) in [6.07, 6.45) is 0.736. The zero-order valence-electron chi connectivity index (χ0n) is 10.8. The van der Waals surface area contributed by atoms with Crippen molar-refractivity contribution in [3.05, 3.63) is 67.3 Å². The van der Waals surface area contributed by atoms with Crippen molar-refractivity contribution in [3.8, 4) is 0 Å². The highest BCUT2D eigenvalue weighted by molar-refractivity contribution is 9.11. The molecule has 0 fully saturated rings. The van der Waals surface area contributed by atoms with Crippen molar-refractivity contribution in [1.82, 2.24) is 5.32 Å². The lowest BCUT2D eigenvalue weighted by atomic mass is 9.99. The highest BCUT2D eigenvalue weighted by atomic mass is 79.9. The van der Waals surface area contributed by atoms with Gasteiger partial charge in [-0.15, -0.1) is 0 Å². The van der Waals surface area contributed by atoms with Crippen molar-refractivity contribution in [2.24, 2.45) is 0 Å². The molecular weight excluding hydrogens is 408 g/mol. The molecule has 106 valence electrons. The maximum Gasteiger partial charge on any atom is 0.141 e. The molecule has 0 aliphatic heterocycles. The van der Waals surface area contributed by atoms with Crippen LogP contribution in [0.5, 0.6) is 0 Å². The third-order valence-corrected chi connectivity index (χ3v) is 4.26. The maximum absolute atomic E-state index is 13.2. The fraction of sp³-hybridized carbons (Fsp3) is 0.200. The maximum atomic E-state index is 13.2. The first-order valence-corrected chi connectivity index (χ1v) is 8.03. The van der Waals surface area contributed by atoms with E-state index in [9.17, 15) is 4.39 Å². The highest BCUT2D eigenvalue weighted by Gasteiger charge is 2.12. The average Bonchev–Trinajstić information content (AvgIpc) is 2.38. The zero-order valence-corrected chi connectivity index (χ0v) is 14.7. The van der Waals surface area contributed by atoms with Crippen molar-refractivity contribution in [1.29, 1.82) is 0 Å². The average molecular weight is 422 g/mol. The first kappa shape index (κ1) is 16.0. The van der Waals surface area contributed by atoms with Gasteiger partial charge in [-0.1, -0.05) is 49.5 Å². The summed E-state index contributed by atoms with van der Waals surface area (Å²) >= 11 is 12.8. The molecule has 1 N–H and O–H groups in total. The van der Waals surface area contributed by atoms with E-state index in [4.69, 9.17) is 11.6 Å². The van der Waals surface area contributed by atoms with Crippen LogP contribution in [0.15, 0.2) is 45.3 Å². The molecule has 0 heterocycles. The van der Waals surface area contributed by atoms with E-state index in [1.807, 2.05) is 13.1 Å². The van der Waals surface area contributed by atoms with Crippen LogP contribution in [0.1, 0.15) is 17.2 Å². The third kappa shape index (κ3) is 4.04. The lowest BCUT2D eigenvalue weighted by molar-refractivity contribution is 0.588. The molecule has 0 saturated carbocycles. The SMILES string of the molecule is CNC(Cc1ccc(F)c(Cl)c1)c1cc(Br)cc(Br)c1. The largest absolute Gasteiger partial charge is 0.313 e. The first-order valence-electron chi connectivity index (χ1n) is 6.07. The number of benzene rings is 2. The molecule has 5 heteroatoms. The molecule has 0 bridgehead atoms. The third-order valence-electron chi connectivity index (χ3n) is 3.06. The van der Waals surface area contributed by atoms with Gasteiger partial charge in [-0.3, -0.25) is 0 Å². The van der Waals surface area contributed by atoms with E-state index in [2.05, 4.69) is 49.3 Å². The minimum Gasteiger partial charge on any atom is -0.313 e. The number of hydrogen-bond acceptors (Lipinski definition) is 1. The summed E-state index contributed by atoms with van der Waals surface area (Å²) in [7, 11) is 1.91. The molecule has 0 spiro atoms. The molecule has 0 aliphatic rings. The molecular formula is C15H13Br2ClFN.